The van der Waals surface area contributed by atoms with Crippen molar-refractivity contribution in [1.29, 1.82) is 0 Å². The van der Waals surface area contributed by atoms with Gasteiger partial charge < -0.3 is 4.90 Å². The summed E-state index contributed by atoms with van der Waals surface area (Å²) in [5.74, 6) is -0.491. The molecule has 5 rings (SSSR count). The zero-order valence-electron chi connectivity index (χ0n) is 18.9. The molecule has 1 unspecified atom stereocenters. The number of thiazole rings is 1. The number of hydrogen-bond donors (Lipinski definition) is 1. The second kappa shape index (κ2) is 9.19. The number of nitrogens with one attached hydrogen (secondary N) is 1. The molecule has 1 aliphatic rings. The largest absolute Gasteiger partial charge is 0.311 e. The van der Waals surface area contributed by atoms with Crippen LogP contribution >= 0.6 is 22.9 Å². The van der Waals surface area contributed by atoms with Gasteiger partial charge in [-0.25, -0.2) is 4.52 Å². The number of para-hydroxylation sites is 1. The monoisotopic (exact) mass is 493 g/mol. The summed E-state index contributed by atoms with van der Waals surface area (Å²) in [5.41, 5.74) is 5.03. The van der Waals surface area contributed by atoms with E-state index in [4.69, 9.17) is 11.6 Å². The molecule has 9 heteroatoms. The molecule has 0 radical (unpaired) electrons. The number of hydrogen-bond acceptors (Lipinski definition) is 5. The van der Waals surface area contributed by atoms with Gasteiger partial charge in [0.15, 0.2) is 0 Å². The molecule has 1 saturated heterocycles. The van der Waals surface area contributed by atoms with E-state index in [9.17, 15) is 9.59 Å². The standard InChI is InChI=1S/C25H24ClN5O2S/c1-3-15-6-5-7-16(4-2)22(15)30-13-18(12-21(30)32)23(33)27-24-28-25-31(29-24)20(14-34-25)17-8-10-19(26)11-9-17/h5-11,14,18H,3-4,12-13H2,1-2H3,(H,27,29,33). The van der Waals surface area contributed by atoms with Gasteiger partial charge in [0, 0.05) is 34.6 Å². The number of anilines is 2. The second-order valence-corrected chi connectivity index (χ2v) is 9.56. The molecule has 1 aliphatic heterocycles. The van der Waals surface area contributed by atoms with Crippen molar-refractivity contribution in [3.63, 3.8) is 0 Å². The normalized spacial score (nSPS) is 15.9. The number of halogens is 1. The highest BCUT2D eigenvalue weighted by atomic mass is 35.5. The van der Waals surface area contributed by atoms with Gasteiger partial charge in [-0.3, -0.25) is 14.9 Å². The lowest BCUT2D eigenvalue weighted by atomic mass is 10.0. The number of amides is 2. The highest BCUT2D eigenvalue weighted by molar-refractivity contribution is 7.15. The summed E-state index contributed by atoms with van der Waals surface area (Å²) < 4.78 is 1.71. The first kappa shape index (κ1) is 22.6. The number of benzene rings is 2. The zero-order chi connectivity index (χ0) is 23.8. The number of fused-ring (bicyclic) bond motifs is 1. The van der Waals surface area contributed by atoms with Gasteiger partial charge in [0.2, 0.25) is 22.7 Å². The minimum absolute atomic E-state index is 0.0282. The van der Waals surface area contributed by atoms with Crippen LogP contribution in [-0.2, 0) is 22.4 Å². The lowest BCUT2D eigenvalue weighted by molar-refractivity contribution is -0.122. The Balaban J connectivity index is 1.35. The maximum Gasteiger partial charge on any atom is 0.250 e. The second-order valence-electron chi connectivity index (χ2n) is 8.28. The minimum atomic E-state index is -0.459. The molecule has 2 aromatic carbocycles. The first-order valence-electron chi connectivity index (χ1n) is 11.3. The SMILES string of the molecule is CCc1cccc(CC)c1N1CC(C(=O)Nc2nc3scc(-c4ccc(Cl)cc4)n3n2)CC1=O. The molecule has 7 nitrogen and oxygen atoms in total. The summed E-state index contributed by atoms with van der Waals surface area (Å²) in [6.45, 7) is 4.52. The maximum atomic E-state index is 13.0. The first-order chi connectivity index (χ1) is 16.5. The topological polar surface area (TPSA) is 79.6 Å². The molecule has 2 amide bonds. The number of aromatic nitrogens is 3. The highest BCUT2D eigenvalue weighted by Gasteiger charge is 2.37. The molecular weight excluding hydrogens is 470 g/mol. The molecule has 34 heavy (non-hydrogen) atoms. The molecule has 1 fully saturated rings. The lowest BCUT2D eigenvalue weighted by Gasteiger charge is -2.23. The van der Waals surface area contributed by atoms with Crippen molar-refractivity contribution >= 4 is 51.3 Å². The Morgan fingerprint density at radius 1 is 1.15 bits per heavy atom. The number of rotatable bonds is 6. The van der Waals surface area contributed by atoms with E-state index < -0.39 is 5.92 Å². The third-order valence-electron chi connectivity index (χ3n) is 6.19. The number of nitrogens with zero attached hydrogens (tertiary/aromatic N) is 4. The molecule has 3 heterocycles. The van der Waals surface area contributed by atoms with E-state index in [1.807, 2.05) is 35.7 Å². The Hall–Kier alpha value is -3.23. The Kier molecular flexibility index (Phi) is 6.10. The molecule has 4 aromatic rings. The van der Waals surface area contributed by atoms with Gasteiger partial charge in [-0.2, -0.15) is 4.98 Å². The molecule has 1 N–H and O–H groups in total. The molecule has 2 aromatic heterocycles. The predicted molar refractivity (Wildman–Crippen MR) is 136 cm³/mol. The van der Waals surface area contributed by atoms with E-state index in [1.165, 1.54) is 11.3 Å². The van der Waals surface area contributed by atoms with Gasteiger partial charge in [0.25, 0.3) is 0 Å². The third-order valence-corrected chi connectivity index (χ3v) is 7.26. The summed E-state index contributed by atoms with van der Waals surface area (Å²) in [5, 5.41) is 9.94. The van der Waals surface area contributed by atoms with Crippen LogP contribution in [0.3, 0.4) is 0 Å². The molecule has 174 valence electrons. The van der Waals surface area contributed by atoms with E-state index in [1.54, 1.807) is 9.42 Å². The average Bonchev–Trinajstić information content (AvgIpc) is 3.53. The molecule has 0 aliphatic carbocycles. The van der Waals surface area contributed by atoms with Crippen molar-refractivity contribution in [1.82, 2.24) is 14.6 Å². The van der Waals surface area contributed by atoms with Crippen molar-refractivity contribution in [3.8, 4) is 11.3 Å². The van der Waals surface area contributed by atoms with Crippen molar-refractivity contribution in [2.24, 2.45) is 5.92 Å². The number of aryl methyl sites for hydroxylation is 2. The predicted octanol–water partition coefficient (Wildman–Crippen LogP) is 5.23. The van der Waals surface area contributed by atoms with E-state index in [-0.39, 0.29) is 24.2 Å². The molecule has 0 spiro atoms. The van der Waals surface area contributed by atoms with Crippen LogP contribution in [0.4, 0.5) is 11.6 Å². The highest BCUT2D eigenvalue weighted by Crippen LogP contribution is 2.33. The van der Waals surface area contributed by atoms with Crippen LogP contribution in [0.15, 0.2) is 47.8 Å². The van der Waals surface area contributed by atoms with E-state index in [0.29, 0.717) is 16.5 Å². The van der Waals surface area contributed by atoms with Gasteiger partial charge in [-0.1, -0.05) is 55.8 Å². The number of carbonyl (C=O) groups is 2. The van der Waals surface area contributed by atoms with Crippen LogP contribution in [0, 0.1) is 5.92 Å². The van der Waals surface area contributed by atoms with E-state index >= 15 is 0 Å². The Labute approximate surface area is 206 Å². The zero-order valence-corrected chi connectivity index (χ0v) is 20.5. The fraction of sp³-hybridized carbons (Fsp3) is 0.280. The van der Waals surface area contributed by atoms with Gasteiger partial charge in [0.05, 0.1) is 11.6 Å². The Bertz CT molecular complexity index is 1360. The average molecular weight is 494 g/mol. The summed E-state index contributed by atoms with van der Waals surface area (Å²) >= 11 is 7.44. The molecular formula is C25H24ClN5O2S. The fourth-order valence-corrected chi connectivity index (χ4v) is 5.38. The summed E-state index contributed by atoms with van der Waals surface area (Å²) in [6.07, 6.45) is 1.83. The lowest BCUT2D eigenvalue weighted by Crippen LogP contribution is -2.29. The van der Waals surface area contributed by atoms with Gasteiger partial charge in [-0.15, -0.1) is 16.4 Å². The van der Waals surface area contributed by atoms with Gasteiger partial charge in [0.1, 0.15) is 0 Å². The summed E-state index contributed by atoms with van der Waals surface area (Å²) in [6, 6.07) is 13.6. The fourth-order valence-electron chi connectivity index (χ4n) is 4.43. The van der Waals surface area contributed by atoms with Crippen LogP contribution in [0.25, 0.3) is 16.2 Å². The molecule has 0 saturated carbocycles. The van der Waals surface area contributed by atoms with E-state index in [2.05, 4.69) is 41.4 Å². The van der Waals surface area contributed by atoms with Crippen LogP contribution in [0.5, 0.6) is 0 Å². The van der Waals surface area contributed by atoms with E-state index in [0.717, 1.165) is 40.9 Å². The van der Waals surface area contributed by atoms with Crippen molar-refractivity contribution in [2.75, 3.05) is 16.8 Å². The molecule has 0 bridgehead atoms. The van der Waals surface area contributed by atoms with Crippen LogP contribution < -0.4 is 10.2 Å². The first-order valence-corrected chi connectivity index (χ1v) is 12.6. The van der Waals surface area contributed by atoms with Crippen LogP contribution in [0.2, 0.25) is 5.02 Å². The maximum absolute atomic E-state index is 13.0. The summed E-state index contributed by atoms with van der Waals surface area (Å²) in [7, 11) is 0. The minimum Gasteiger partial charge on any atom is -0.311 e. The van der Waals surface area contributed by atoms with Crippen molar-refractivity contribution in [3.05, 3.63) is 64.0 Å². The summed E-state index contributed by atoms with van der Waals surface area (Å²) in [4.78, 5) is 32.9. The third kappa shape index (κ3) is 4.08. The van der Waals surface area contributed by atoms with Crippen molar-refractivity contribution < 1.29 is 9.59 Å². The van der Waals surface area contributed by atoms with Crippen LogP contribution in [-0.4, -0.2) is 33.0 Å². The van der Waals surface area contributed by atoms with Gasteiger partial charge >= 0.3 is 0 Å². The number of carbonyl (C=O) groups excluding carboxylic acids is 2. The smallest absolute Gasteiger partial charge is 0.250 e. The van der Waals surface area contributed by atoms with Gasteiger partial charge in [-0.05, 0) is 36.1 Å². The Morgan fingerprint density at radius 3 is 2.53 bits per heavy atom. The molecule has 1 atom stereocenters. The Morgan fingerprint density at radius 2 is 1.85 bits per heavy atom. The van der Waals surface area contributed by atoms with Crippen LogP contribution in [0.1, 0.15) is 31.4 Å². The van der Waals surface area contributed by atoms with Crippen molar-refractivity contribution in [2.45, 2.75) is 33.1 Å². The quantitative estimate of drug-likeness (QED) is 0.399.